The van der Waals surface area contributed by atoms with Crippen molar-refractivity contribution in [3.05, 3.63) is 130 Å². The SMILES string of the molecule is O=C(CSc1ccc(NC(=O)/C(=C/c2c(F)cccc2Cl)NC(=O)c2ccccc2)cc1)Nc1ccc(C(=O)O)cc1. The standard InChI is InChI=1S/C31H23ClFN3O5S/c32-25-7-4-8-26(33)24(25)17-27(36-29(38)19-5-2-1-3-6-19)30(39)35-22-13-15-23(16-14-22)42-18-28(37)34-21-11-9-20(10-12-21)31(40)41/h1-17H,18H2,(H,34,37)(H,35,39)(H,36,38)(H,40,41)/b27-17-. The fourth-order valence-corrected chi connectivity index (χ4v) is 4.53. The molecule has 0 fully saturated rings. The smallest absolute Gasteiger partial charge is 0.335 e. The number of amides is 3. The Hall–Kier alpha value is -4.93. The number of halogens is 2. The van der Waals surface area contributed by atoms with Crippen molar-refractivity contribution < 1.29 is 28.7 Å². The number of carbonyl (C=O) groups excluding carboxylic acids is 3. The highest BCUT2D eigenvalue weighted by Gasteiger charge is 2.17. The first kappa shape index (κ1) is 30.0. The van der Waals surface area contributed by atoms with Gasteiger partial charge in [-0.3, -0.25) is 14.4 Å². The van der Waals surface area contributed by atoms with Crippen LogP contribution >= 0.6 is 23.4 Å². The number of carbonyl (C=O) groups is 4. The minimum absolute atomic E-state index is 0.0551. The van der Waals surface area contributed by atoms with Gasteiger partial charge in [0.15, 0.2) is 0 Å². The zero-order valence-corrected chi connectivity index (χ0v) is 23.3. The van der Waals surface area contributed by atoms with Crippen molar-refractivity contribution >= 4 is 64.5 Å². The van der Waals surface area contributed by atoms with Gasteiger partial charge in [0, 0.05) is 27.4 Å². The van der Waals surface area contributed by atoms with Crippen molar-refractivity contribution in [2.24, 2.45) is 0 Å². The molecule has 3 amide bonds. The van der Waals surface area contributed by atoms with Gasteiger partial charge in [0.25, 0.3) is 11.8 Å². The van der Waals surface area contributed by atoms with Gasteiger partial charge in [0.05, 0.1) is 16.3 Å². The number of carboxylic acids is 1. The number of benzene rings is 4. The van der Waals surface area contributed by atoms with Gasteiger partial charge in [0.2, 0.25) is 5.91 Å². The molecule has 4 aromatic rings. The Balaban J connectivity index is 1.41. The second-order valence-corrected chi connectivity index (χ2v) is 10.2. The summed E-state index contributed by atoms with van der Waals surface area (Å²) in [5.74, 6) is -3.17. The van der Waals surface area contributed by atoms with E-state index in [4.69, 9.17) is 16.7 Å². The van der Waals surface area contributed by atoms with E-state index < -0.39 is 23.6 Å². The zero-order valence-electron chi connectivity index (χ0n) is 21.8. The molecule has 4 rings (SSSR count). The van der Waals surface area contributed by atoms with Crippen LogP contribution in [0, 0.1) is 5.82 Å². The van der Waals surface area contributed by atoms with Crippen LogP contribution in [0.5, 0.6) is 0 Å². The summed E-state index contributed by atoms with van der Waals surface area (Å²) in [6.07, 6.45) is 1.17. The Labute approximate surface area is 249 Å². The van der Waals surface area contributed by atoms with Crippen molar-refractivity contribution in [1.82, 2.24) is 5.32 Å². The average molecular weight is 604 g/mol. The van der Waals surface area contributed by atoms with E-state index in [0.717, 1.165) is 4.90 Å². The number of carboxylic acid groups (broad SMARTS) is 1. The number of rotatable bonds is 10. The van der Waals surface area contributed by atoms with Crippen molar-refractivity contribution in [1.29, 1.82) is 0 Å². The fourth-order valence-electron chi connectivity index (χ4n) is 3.61. The largest absolute Gasteiger partial charge is 0.478 e. The van der Waals surface area contributed by atoms with Gasteiger partial charge >= 0.3 is 5.97 Å². The molecule has 42 heavy (non-hydrogen) atoms. The molecule has 0 heterocycles. The molecule has 4 N–H and O–H groups in total. The third-order valence-electron chi connectivity index (χ3n) is 5.71. The molecule has 0 aliphatic carbocycles. The number of nitrogens with one attached hydrogen (secondary N) is 3. The lowest BCUT2D eigenvalue weighted by atomic mass is 10.1. The third-order valence-corrected chi connectivity index (χ3v) is 7.06. The van der Waals surface area contributed by atoms with Crippen LogP contribution in [0.25, 0.3) is 6.08 Å². The van der Waals surface area contributed by atoms with Crippen molar-refractivity contribution in [3.63, 3.8) is 0 Å². The molecular weight excluding hydrogens is 581 g/mol. The van der Waals surface area contributed by atoms with Crippen LogP contribution in [0.15, 0.2) is 108 Å². The van der Waals surface area contributed by atoms with Gasteiger partial charge < -0.3 is 21.1 Å². The lowest BCUT2D eigenvalue weighted by Gasteiger charge is -2.12. The molecule has 0 atom stereocenters. The zero-order chi connectivity index (χ0) is 30.1. The first-order valence-electron chi connectivity index (χ1n) is 12.4. The second kappa shape index (κ2) is 14.1. The van der Waals surface area contributed by atoms with Gasteiger partial charge in [0.1, 0.15) is 11.5 Å². The summed E-state index contributed by atoms with van der Waals surface area (Å²) >= 11 is 7.40. The van der Waals surface area contributed by atoms with E-state index in [-0.39, 0.29) is 33.5 Å². The second-order valence-electron chi connectivity index (χ2n) is 8.71. The average Bonchev–Trinajstić information content (AvgIpc) is 2.98. The van der Waals surface area contributed by atoms with Crippen molar-refractivity contribution in [3.8, 4) is 0 Å². The lowest BCUT2D eigenvalue weighted by Crippen LogP contribution is -2.30. The summed E-state index contributed by atoms with van der Waals surface area (Å²) < 4.78 is 14.5. The molecule has 0 aliphatic heterocycles. The molecule has 4 aromatic carbocycles. The van der Waals surface area contributed by atoms with Gasteiger partial charge in [-0.15, -0.1) is 11.8 Å². The lowest BCUT2D eigenvalue weighted by molar-refractivity contribution is -0.114. The number of aromatic carboxylic acids is 1. The molecule has 0 aliphatic rings. The van der Waals surface area contributed by atoms with Crippen LogP contribution < -0.4 is 16.0 Å². The summed E-state index contributed by atoms with van der Waals surface area (Å²) in [4.78, 5) is 50.0. The Morgan fingerprint density at radius 3 is 2.07 bits per heavy atom. The van der Waals surface area contributed by atoms with E-state index in [1.54, 1.807) is 54.6 Å². The molecule has 8 nitrogen and oxygen atoms in total. The molecule has 0 bridgehead atoms. The Kier molecular flexibility index (Phi) is 10.1. The normalized spacial score (nSPS) is 11.0. The van der Waals surface area contributed by atoms with E-state index in [9.17, 15) is 23.6 Å². The van der Waals surface area contributed by atoms with Crippen LogP contribution in [0.4, 0.5) is 15.8 Å². The van der Waals surface area contributed by atoms with E-state index in [0.29, 0.717) is 16.9 Å². The van der Waals surface area contributed by atoms with Crippen molar-refractivity contribution in [2.45, 2.75) is 4.90 Å². The maximum absolute atomic E-state index is 14.5. The monoisotopic (exact) mass is 603 g/mol. The third kappa shape index (κ3) is 8.29. The Morgan fingerprint density at radius 1 is 0.786 bits per heavy atom. The summed E-state index contributed by atoms with van der Waals surface area (Å²) in [7, 11) is 0. The summed E-state index contributed by atoms with van der Waals surface area (Å²) in [5, 5.41) is 16.9. The maximum atomic E-state index is 14.5. The highest BCUT2D eigenvalue weighted by Crippen LogP contribution is 2.24. The summed E-state index contributed by atoms with van der Waals surface area (Å²) in [5.41, 5.74) is 1.02. The number of anilines is 2. The predicted molar refractivity (Wildman–Crippen MR) is 161 cm³/mol. The molecule has 0 saturated carbocycles. The Morgan fingerprint density at radius 2 is 1.43 bits per heavy atom. The van der Waals surface area contributed by atoms with Gasteiger partial charge in [-0.2, -0.15) is 0 Å². The van der Waals surface area contributed by atoms with Crippen LogP contribution in [-0.4, -0.2) is 34.6 Å². The quantitative estimate of drug-likeness (QED) is 0.124. The first-order chi connectivity index (χ1) is 20.2. The first-order valence-corrected chi connectivity index (χ1v) is 13.8. The highest BCUT2D eigenvalue weighted by molar-refractivity contribution is 8.00. The van der Waals surface area contributed by atoms with E-state index in [1.165, 1.54) is 60.3 Å². The minimum atomic E-state index is -1.05. The van der Waals surface area contributed by atoms with E-state index >= 15 is 0 Å². The molecule has 0 radical (unpaired) electrons. The molecule has 0 saturated heterocycles. The molecule has 212 valence electrons. The molecular formula is C31H23ClFN3O5S. The fraction of sp³-hybridized carbons (Fsp3) is 0.0323. The highest BCUT2D eigenvalue weighted by atomic mass is 35.5. The molecule has 0 aromatic heterocycles. The van der Waals surface area contributed by atoms with Gasteiger partial charge in [-0.25, -0.2) is 9.18 Å². The number of hydrogen-bond acceptors (Lipinski definition) is 5. The summed E-state index contributed by atoms with van der Waals surface area (Å²) in [6.45, 7) is 0. The van der Waals surface area contributed by atoms with Crippen LogP contribution in [-0.2, 0) is 9.59 Å². The van der Waals surface area contributed by atoms with E-state index in [2.05, 4.69) is 16.0 Å². The topological polar surface area (TPSA) is 125 Å². The summed E-state index contributed by atoms with van der Waals surface area (Å²) in [6, 6.07) is 24.8. The Bertz CT molecular complexity index is 1630. The maximum Gasteiger partial charge on any atom is 0.335 e. The van der Waals surface area contributed by atoms with Crippen LogP contribution in [0.2, 0.25) is 5.02 Å². The molecule has 0 spiro atoms. The van der Waals surface area contributed by atoms with Gasteiger partial charge in [-0.05, 0) is 78.9 Å². The van der Waals surface area contributed by atoms with E-state index in [1.807, 2.05) is 0 Å². The van der Waals surface area contributed by atoms with Gasteiger partial charge in [-0.1, -0.05) is 35.9 Å². The predicted octanol–water partition coefficient (Wildman–Crippen LogP) is 6.32. The van der Waals surface area contributed by atoms with Crippen molar-refractivity contribution in [2.75, 3.05) is 16.4 Å². The minimum Gasteiger partial charge on any atom is -0.478 e. The molecule has 11 heteroatoms. The molecule has 0 unspecified atom stereocenters. The van der Waals surface area contributed by atoms with Crippen LogP contribution in [0.3, 0.4) is 0 Å². The van der Waals surface area contributed by atoms with Crippen LogP contribution in [0.1, 0.15) is 26.3 Å². The number of thioether (sulfide) groups is 1. The number of hydrogen-bond donors (Lipinski definition) is 4.